The van der Waals surface area contributed by atoms with E-state index in [4.69, 9.17) is 101 Å². The molecule has 0 rings (SSSR count). The molecule has 20 unspecified atom stereocenters. The molecule has 0 aromatic heterocycles. The molecule has 101 heavy (non-hydrogen) atoms. The Bertz CT molecular complexity index is 1740. The van der Waals surface area contributed by atoms with Crippen molar-refractivity contribution in [3.63, 3.8) is 0 Å². The van der Waals surface area contributed by atoms with Crippen molar-refractivity contribution in [2.24, 2.45) is 5.92 Å². The van der Waals surface area contributed by atoms with Crippen LogP contribution in [0.2, 0.25) is 0 Å². The second-order valence-electron chi connectivity index (χ2n) is 23.8. The average Bonchev–Trinajstić information content (AvgIpc) is 1.06. The second-order valence-corrected chi connectivity index (χ2v) is 23.8. The SMILES string of the molecule is OCC(O)CCC(COCC(O)COCC(O)CO)COCC(COC(COCC(O)CO)COC(COCC(O)CO)COCC(COCC(O)CO)OCC(COCC(O)CO)OCC(O)COCC(O)CO)OCC(COCC(O)COCC(O)CO)OCC(O)COCC(O)CO. The Balaban J connectivity index is 7.10. The Labute approximate surface area is 588 Å². The van der Waals surface area contributed by atoms with Gasteiger partial charge in [0.2, 0.25) is 0 Å². The molecule has 40 heteroatoms. The van der Waals surface area contributed by atoms with E-state index in [9.17, 15) is 97.0 Å². The number of hydrogen-bond acceptors (Lipinski definition) is 40. The lowest BCUT2D eigenvalue weighted by atomic mass is 10.0. The number of hydrogen-bond donors (Lipinski definition) is 22. The van der Waals surface area contributed by atoms with Gasteiger partial charge in [-0.05, 0) is 12.8 Å². The van der Waals surface area contributed by atoms with Gasteiger partial charge in [-0.25, -0.2) is 0 Å². The van der Waals surface area contributed by atoms with Crippen molar-refractivity contribution in [3.05, 3.63) is 0 Å². The molecule has 0 aromatic carbocycles. The van der Waals surface area contributed by atoms with Crippen molar-refractivity contribution >= 4 is 0 Å². The lowest BCUT2D eigenvalue weighted by Gasteiger charge is -2.28. The van der Waals surface area contributed by atoms with Gasteiger partial charge in [0.25, 0.3) is 0 Å². The van der Waals surface area contributed by atoms with E-state index in [0.29, 0.717) is 0 Å². The number of aliphatic hydroxyl groups is 22. The quantitative estimate of drug-likeness (QED) is 0.0269. The van der Waals surface area contributed by atoms with E-state index in [1.54, 1.807) is 0 Å². The molecule has 0 aromatic rings. The fourth-order valence-corrected chi connectivity index (χ4v) is 7.79. The first kappa shape index (κ1) is 99.4. The summed E-state index contributed by atoms with van der Waals surface area (Å²) in [6, 6.07) is 0. The van der Waals surface area contributed by atoms with Gasteiger partial charge in [0.05, 0.1) is 264 Å². The molecular weight excluding hydrogens is 1370 g/mol. The minimum absolute atomic E-state index is 0.0393. The molecule has 20 atom stereocenters. The lowest BCUT2D eigenvalue weighted by molar-refractivity contribution is -0.156. The molecule has 0 heterocycles. The third-order valence-electron chi connectivity index (χ3n) is 13.4. The fraction of sp³-hybridized carbons (Fsp3) is 1.00. The van der Waals surface area contributed by atoms with E-state index in [1.807, 2.05) is 0 Å². The predicted molar refractivity (Wildman–Crippen MR) is 343 cm³/mol. The summed E-state index contributed by atoms with van der Waals surface area (Å²) in [6.07, 6.45) is -21.6. The van der Waals surface area contributed by atoms with Crippen molar-refractivity contribution in [2.75, 3.05) is 258 Å². The zero-order valence-electron chi connectivity index (χ0n) is 57.7. The monoisotopic (exact) mass is 1500 g/mol. The Kier molecular flexibility index (Phi) is 66.7. The van der Waals surface area contributed by atoms with Crippen molar-refractivity contribution in [1.29, 1.82) is 0 Å². The smallest absolute Gasteiger partial charge is 0.104 e. The molecule has 40 nitrogen and oxygen atoms in total. The van der Waals surface area contributed by atoms with Gasteiger partial charge < -0.3 is 198 Å². The highest BCUT2D eigenvalue weighted by atomic mass is 16.6. The van der Waals surface area contributed by atoms with Crippen LogP contribution in [0.5, 0.6) is 0 Å². The van der Waals surface area contributed by atoms with Gasteiger partial charge in [-0.15, -0.1) is 0 Å². The molecule has 608 valence electrons. The van der Waals surface area contributed by atoms with Gasteiger partial charge in [0, 0.05) is 5.92 Å². The summed E-state index contributed by atoms with van der Waals surface area (Å²) in [4.78, 5) is 0. The summed E-state index contributed by atoms with van der Waals surface area (Å²) in [5.74, 6) is -0.487. The molecule has 0 amide bonds. The zero-order chi connectivity index (χ0) is 75.3. The van der Waals surface area contributed by atoms with Crippen molar-refractivity contribution in [3.8, 4) is 0 Å². The first-order valence-corrected chi connectivity index (χ1v) is 33.5. The van der Waals surface area contributed by atoms with Crippen LogP contribution in [0, 0.1) is 5.92 Å². The largest absolute Gasteiger partial charge is 0.394 e. The van der Waals surface area contributed by atoms with Crippen LogP contribution in [-0.2, 0) is 85.3 Å². The second kappa shape index (κ2) is 67.7. The third kappa shape index (κ3) is 60.1. The summed E-state index contributed by atoms with van der Waals surface area (Å²) in [7, 11) is 0. The number of rotatable bonds is 78. The molecule has 0 saturated carbocycles. The van der Waals surface area contributed by atoms with Crippen LogP contribution in [0.15, 0.2) is 0 Å². The first-order valence-electron chi connectivity index (χ1n) is 33.5. The van der Waals surface area contributed by atoms with E-state index >= 15 is 0 Å². The molecule has 0 aliphatic rings. The van der Waals surface area contributed by atoms with Crippen molar-refractivity contribution in [1.82, 2.24) is 0 Å². The van der Waals surface area contributed by atoms with Crippen LogP contribution >= 0.6 is 0 Å². The lowest BCUT2D eigenvalue weighted by Crippen LogP contribution is -2.39. The van der Waals surface area contributed by atoms with Gasteiger partial charge in [0.15, 0.2) is 0 Å². The maximum Gasteiger partial charge on any atom is 0.104 e. The number of ether oxygens (including phenoxy) is 18. The van der Waals surface area contributed by atoms with Crippen LogP contribution in [-0.4, -0.2) is 486 Å². The predicted octanol–water partition coefficient (Wildman–Crippen LogP) is -12.5. The summed E-state index contributed by atoms with van der Waals surface area (Å²) >= 11 is 0. The first-order chi connectivity index (χ1) is 48.6. The molecule has 0 aliphatic carbocycles. The van der Waals surface area contributed by atoms with E-state index in [0.717, 1.165) is 0 Å². The van der Waals surface area contributed by atoms with Gasteiger partial charge >= 0.3 is 0 Å². The maximum absolute atomic E-state index is 10.7. The zero-order valence-corrected chi connectivity index (χ0v) is 57.7. The van der Waals surface area contributed by atoms with E-state index < -0.39 is 188 Å². The molecule has 0 radical (unpaired) electrons. The van der Waals surface area contributed by atoms with E-state index in [1.165, 1.54) is 0 Å². The van der Waals surface area contributed by atoms with E-state index in [-0.39, 0.29) is 204 Å². The van der Waals surface area contributed by atoms with Gasteiger partial charge in [-0.1, -0.05) is 0 Å². The standard InChI is InChI=1S/C61H124O40/c62-3-43(71)2-1-42(12-84-22-52(80)23-86-14-44(72)4-63)13-85-34-60(100-39-59(97-29-55(83)27-89-17-47(75)7-66)36-94-25-53(81)24-87-15-45(73)5-64)41-101-61(37-93-21-51(79)11-70)40-99-57(31-91-19-49(77)9-68)33-95-32-56(30-90-18-48(76)8-67)98-38-58(35-92-20-50(78)10-69)96-28-54(82)26-88-16-46(74)6-65/h42-83H,1-41H2. The summed E-state index contributed by atoms with van der Waals surface area (Å²) in [6.45, 7) is -14.0. The Morgan fingerprint density at radius 1 is 0.139 bits per heavy atom. The van der Waals surface area contributed by atoms with Gasteiger partial charge in [-0.2, -0.15) is 0 Å². The normalized spacial score (nSPS) is 18.4. The Hall–Kier alpha value is -1.60. The molecular formula is C61H124O40. The molecule has 0 aliphatic heterocycles. The number of aliphatic hydroxyl groups excluding tert-OH is 22. The summed E-state index contributed by atoms with van der Waals surface area (Å²) < 4.78 is 104. The van der Waals surface area contributed by atoms with Crippen LogP contribution in [0.3, 0.4) is 0 Å². The van der Waals surface area contributed by atoms with E-state index in [2.05, 4.69) is 0 Å². The van der Waals surface area contributed by atoms with Crippen LogP contribution in [0.25, 0.3) is 0 Å². The van der Waals surface area contributed by atoms with Crippen LogP contribution in [0.1, 0.15) is 12.8 Å². The van der Waals surface area contributed by atoms with Gasteiger partial charge in [-0.3, -0.25) is 0 Å². The molecule has 22 N–H and O–H groups in total. The minimum Gasteiger partial charge on any atom is -0.394 e. The highest BCUT2D eigenvalue weighted by Crippen LogP contribution is 2.15. The van der Waals surface area contributed by atoms with Crippen molar-refractivity contribution < 1.29 is 198 Å². The molecule has 0 saturated heterocycles. The van der Waals surface area contributed by atoms with Crippen molar-refractivity contribution in [2.45, 2.75) is 129 Å². The Morgan fingerprint density at radius 2 is 0.287 bits per heavy atom. The van der Waals surface area contributed by atoms with Gasteiger partial charge in [0.1, 0.15) is 110 Å². The maximum atomic E-state index is 10.7. The molecule has 0 spiro atoms. The molecule has 0 bridgehead atoms. The topological polar surface area (TPSA) is 611 Å². The van der Waals surface area contributed by atoms with Crippen LogP contribution in [0.4, 0.5) is 0 Å². The van der Waals surface area contributed by atoms with Crippen LogP contribution < -0.4 is 0 Å². The highest BCUT2D eigenvalue weighted by Gasteiger charge is 2.26. The Morgan fingerprint density at radius 3 is 0.505 bits per heavy atom. The average molecular weight is 1500 g/mol. The molecule has 0 fully saturated rings. The third-order valence-corrected chi connectivity index (χ3v) is 13.4. The summed E-state index contributed by atoms with van der Waals surface area (Å²) in [5.41, 5.74) is 0. The minimum atomic E-state index is -1.32. The highest BCUT2D eigenvalue weighted by molar-refractivity contribution is 4.72. The summed E-state index contributed by atoms with van der Waals surface area (Å²) in [5, 5.41) is 215. The fourth-order valence-electron chi connectivity index (χ4n) is 7.79.